The maximum Gasteiger partial charge on any atom is 0.253 e. The van der Waals surface area contributed by atoms with E-state index in [4.69, 9.17) is 5.73 Å². The van der Waals surface area contributed by atoms with Crippen molar-refractivity contribution in [3.05, 3.63) is 35.4 Å². The van der Waals surface area contributed by atoms with Gasteiger partial charge in [-0.1, -0.05) is 31.8 Å². The van der Waals surface area contributed by atoms with Gasteiger partial charge < -0.3 is 10.6 Å². The average molecular weight is 258 g/mol. The Labute approximate surface area is 115 Å². The summed E-state index contributed by atoms with van der Waals surface area (Å²) >= 11 is 0. The summed E-state index contributed by atoms with van der Waals surface area (Å²) in [5, 5.41) is 0. The van der Waals surface area contributed by atoms with Crippen molar-refractivity contribution in [1.29, 1.82) is 0 Å². The minimum Gasteiger partial charge on any atom is -0.339 e. The van der Waals surface area contributed by atoms with Gasteiger partial charge in [0.1, 0.15) is 0 Å². The van der Waals surface area contributed by atoms with Gasteiger partial charge in [0.2, 0.25) is 0 Å². The molecule has 0 atom stereocenters. The quantitative estimate of drug-likeness (QED) is 0.842. The van der Waals surface area contributed by atoms with Crippen molar-refractivity contribution in [3.63, 3.8) is 0 Å². The lowest BCUT2D eigenvalue weighted by molar-refractivity contribution is 0.0723. The normalized spacial score (nSPS) is 9.95. The third-order valence-corrected chi connectivity index (χ3v) is 3.25. The zero-order valence-corrected chi connectivity index (χ0v) is 11.9. The summed E-state index contributed by atoms with van der Waals surface area (Å²) in [6.07, 6.45) is 1.93. The number of hydrogen-bond donors (Lipinski definition) is 1. The number of amides is 1. The Balaban J connectivity index is 2.93. The van der Waals surface area contributed by atoms with Crippen molar-refractivity contribution in [2.75, 3.05) is 13.6 Å². The number of benzene rings is 1. The summed E-state index contributed by atoms with van der Waals surface area (Å²) in [7, 11) is 1.86. The molecule has 0 bridgehead atoms. The summed E-state index contributed by atoms with van der Waals surface area (Å²) < 4.78 is 0. The zero-order valence-electron chi connectivity index (χ0n) is 11.9. The molecule has 0 fully saturated rings. The van der Waals surface area contributed by atoms with Crippen LogP contribution in [0.25, 0.3) is 0 Å². The molecule has 0 heterocycles. The van der Waals surface area contributed by atoms with E-state index in [9.17, 15) is 4.79 Å². The maximum absolute atomic E-state index is 12.4. The van der Waals surface area contributed by atoms with E-state index in [1.165, 1.54) is 0 Å². The molecule has 19 heavy (non-hydrogen) atoms. The van der Waals surface area contributed by atoms with E-state index in [1.54, 1.807) is 0 Å². The number of hydrogen-bond acceptors (Lipinski definition) is 2. The van der Waals surface area contributed by atoms with Crippen LogP contribution in [0.1, 0.15) is 42.6 Å². The predicted octanol–water partition coefficient (Wildman–Crippen LogP) is 2.26. The molecule has 1 aromatic carbocycles. The summed E-state index contributed by atoms with van der Waals surface area (Å²) in [5.74, 6) is 5.79. The lowest BCUT2D eigenvalue weighted by Gasteiger charge is -2.26. The van der Waals surface area contributed by atoms with E-state index in [2.05, 4.69) is 25.7 Å². The van der Waals surface area contributed by atoms with E-state index >= 15 is 0 Å². The Morgan fingerprint density at radius 1 is 1.37 bits per heavy atom. The number of carbonyl (C=O) groups excluding carboxylic acids is 1. The molecule has 3 heteroatoms. The van der Waals surface area contributed by atoms with Crippen molar-refractivity contribution in [2.24, 2.45) is 5.73 Å². The van der Waals surface area contributed by atoms with Crippen molar-refractivity contribution in [3.8, 4) is 11.8 Å². The molecule has 0 radical (unpaired) electrons. The van der Waals surface area contributed by atoms with Gasteiger partial charge in [0, 0.05) is 24.2 Å². The fraction of sp³-hybridized carbons (Fsp3) is 0.438. The third kappa shape index (κ3) is 4.11. The molecule has 0 aromatic heterocycles. The van der Waals surface area contributed by atoms with Crippen LogP contribution in [0.5, 0.6) is 0 Å². The molecule has 1 rings (SSSR count). The smallest absolute Gasteiger partial charge is 0.253 e. The summed E-state index contributed by atoms with van der Waals surface area (Å²) in [5.41, 5.74) is 6.86. The number of carbonyl (C=O) groups is 1. The Hall–Kier alpha value is -1.79. The second kappa shape index (κ2) is 7.60. The maximum atomic E-state index is 12.4. The first-order valence-electron chi connectivity index (χ1n) is 6.70. The molecule has 0 spiro atoms. The standard InChI is InChI=1S/C16H22N2O/c1-4-15(5-2)18(3)16(19)14-10-6-8-13(12-14)9-7-11-17/h6,8,10,12,15H,4-5,11,17H2,1-3H3. The van der Waals surface area contributed by atoms with Crippen LogP contribution < -0.4 is 5.73 Å². The van der Waals surface area contributed by atoms with Gasteiger partial charge in [-0.2, -0.15) is 0 Å². The zero-order chi connectivity index (χ0) is 14.3. The summed E-state index contributed by atoms with van der Waals surface area (Å²) in [4.78, 5) is 14.2. The molecule has 102 valence electrons. The second-order valence-corrected chi connectivity index (χ2v) is 4.47. The van der Waals surface area contributed by atoms with Crippen molar-refractivity contribution in [1.82, 2.24) is 4.90 Å². The third-order valence-electron chi connectivity index (χ3n) is 3.25. The topological polar surface area (TPSA) is 46.3 Å². The SMILES string of the molecule is CCC(CC)N(C)C(=O)c1cccc(C#CCN)c1. The van der Waals surface area contributed by atoms with Gasteiger partial charge in [-0.3, -0.25) is 4.79 Å². The summed E-state index contributed by atoms with van der Waals surface area (Å²) in [6, 6.07) is 7.68. The average Bonchev–Trinajstić information content (AvgIpc) is 2.45. The van der Waals surface area contributed by atoms with Crippen LogP contribution in [0.2, 0.25) is 0 Å². The first-order valence-corrected chi connectivity index (χ1v) is 6.70. The second-order valence-electron chi connectivity index (χ2n) is 4.47. The Kier molecular flexibility index (Phi) is 6.11. The first-order chi connectivity index (χ1) is 9.13. The minimum absolute atomic E-state index is 0.0464. The van der Waals surface area contributed by atoms with Gasteiger partial charge >= 0.3 is 0 Å². The first kappa shape index (κ1) is 15.3. The van der Waals surface area contributed by atoms with Gasteiger partial charge in [0.25, 0.3) is 5.91 Å². The highest BCUT2D eigenvalue weighted by Gasteiger charge is 2.18. The van der Waals surface area contributed by atoms with E-state index in [-0.39, 0.29) is 11.9 Å². The largest absolute Gasteiger partial charge is 0.339 e. The molecule has 3 nitrogen and oxygen atoms in total. The van der Waals surface area contributed by atoms with Crippen molar-refractivity contribution < 1.29 is 4.79 Å². The van der Waals surface area contributed by atoms with Gasteiger partial charge in [0.05, 0.1) is 6.54 Å². The molecule has 1 aromatic rings. The van der Waals surface area contributed by atoms with Crippen molar-refractivity contribution in [2.45, 2.75) is 32.7 Å². The molecule has 0 unspecified atom stereocenters. The molecule has 0 saturated carbocycles. The number of nitrogens with zero attached hydrogens (tertiary/aromatic N) is 1. The van der Waals surface area contributed by atoms with E-state index in [0.717, 1.165) is 18.4 Å². The van der Waals surface area contributed by atoms with Crippen LogP contribution >= 0.6 is 0 Å². The van der Waals surface area contributed by atoms with E-state index < -0.39 is 0 Å². The highest BCUT2D eigenvalue weighted by atomic mass is 16.2. The van der Waals surface area contributed by atoms with Crippen LogP contribution in [-0.2, 0) is 0 Å². The van der Waals surface area contributed by atoms with Crippen LogP contribution in [-0.4, -0.2) is 30.4 Å². The number of rotatable bonds is 4. The van der Waals surface area contributed by atoms with Gasteiger partial charge in [-0.25, -0.2) is 0 Å². The highest BCUT2D eigenvalue weighted by molar-refractivity contribution is 5.94. The Morgan fingerprint density at radius 3 is 2.63 bits per heavy atom. The van der Waals surface area contributed by atoms with Crippen LogP contribution in [0.3, 0.4) is 0 Å². The molecule has 2 N–H and O–H groups in total. The number of nitrogens with two attached hydrogens (primary N) is 1. The van der Waals surface area contributed by atoms with Crippen LogP contribution in [0.4, 0.5) is 0 Å². The molecule has 0 saturated heterocycles. The fourth-order valence-electron chi connectivity index (χ4n) is 2.09. The van der Waals surface area contributed by atoms with Gasteiger partial charge in [-0.15, -0.1) is 0 Å². The fourth-order valence-corrected chi connectivity index (χ4v) is 2.09. The molecular formula is C16H22N2O. The Morgan fingerprint density at radius 2 is 2.05 bits per heavy atom. The molecule has 0 aliphatic rings. The lowest BCUT2D eigenvalue weighted by Crippen LogP contribution is -2.36. The van der Waals surface area contributed by atoms with E-state index in [0.29, 0.717) is 12.1 Å². The van der Waals surface area contributed by atoms with E-state index in [1.807, 2.05) is 36.2 Å². The van der Waals surface area contributed by atoms with Gasteiger partial charge in [0.15, 0.2) is 0 Å². The summed E-state index contributed by atoms with van der Waals surface area (Å²) in [6.45, 7) is 4.52. The molecule has 1 amide bonds. The monoisotopic (exact) mass is 258 g/mol. The molecular weight excluding hydrogens is 236 g/mol. The highest BCUT2D eigenvalue weighted by Crippen LogP contribution is 2.12. The van der Waals surface area contributed by atoms with Crippen molar-refractivity contribution >= 4 is 5.91 Å². The predicted molar refractivity (Wildman–Crippen MR) is 78.8 cm³/mol. The Bertz CT molecular complexity index is 481. The van der Waals surface area contributed by atoms with Gasteiger partial charge in [-0.05, 0) is 31.0 Å². The molecule has 0 aliphatic heterocycles. The lowest BCUT2D eigenvalue weighted by atomic mass is 10.1. The minimum atomic E-state index is 0.0464. The molecule has 0 aliphatic carbocycles. The van der Waals surface area contributed by atoms with Crippen LogP contribution in [0.15, 0.2) is 24.3 Å². The van der Waals surface area contributed by atoms with Crippen LogP contribution in [0, 0.1) is 11.8 Å².